The zero-order valence-electron chi connectivity index (χ0n) is 11.4. The SMILES string of the molecule is COc1cccc(C(=O)Cc2ccccc2Br)c1OC. The molecule has 20 heavy (non-hydrogen) atoms. The summed E-state index contributed by atoms with van der Waals surface area (Å²) in [5.74, 6) is 1.03. The zero-order valence-corrected chi connectivity index (χ0v) is 12.9. The van der Waals surface area contributed by atoms with Crippen molar-refractivity contribution in [3.05, 3.63) is 58.1 Å². The Morgan fingerprint density at radius 2 is 1.80 bits per heavy atom. The number of Topliss-reactive ketones (excluding diaryl/α,β-unsaturated/α-hetero) is 1. The van der Waals surface area contributed by atoms with E-state index in [9.17, 15) is 4.79 Å². The molecule has 0 unspecified atom stereocenters. The Labute approximate surface area is 126 Å². The molecule has 4 heteroatoms. The highest BCUT2D eigenvalue weighted by Gasteiger charge is 2.17. The minimum atomic E-state index is -0.00681. The molecule has 104 valence electrons. The fourth-order valence-electron chi connectivity index (χ4n) is 2.02. The molecule has 0 aromatic heterocycles. The van der Waals surface area contributed by atoms with Crippen LogP contribution in [0.15, 0.2) is 46.9 Å². The number of methoxy groups -OCH3 is 2. The highest BCUT2D eigenvalue weighted by Crippen LogP contribution is 2.31. The summed E-state index contributed by atoms with van der Waals surface area (Å²) in [6, 6.07) is 13.0. The Hall–Kier alpha value is -1.81. The van der Waals surface area contributed by atoms with Crippen molar-refractivity contribution >= 4 is 21.7 Å². The zero-order chi connectivity index (χ0) is 14.5. The van der Waals surface area contributed by atoms with Crippen LogP contribution < -0.4 is 9.47 Å². The summed E-state index contributed by atoms with van der Waals surface area (Å²) in [7, 11) is 3.09. The lowest BCUT2D eigenvalue weighted by Crippen LogP contribution is -2.07. The van der Waals surface area contributed by atoms with Crippen LogP contribution in [0.4, 0.5) is 0 Å². The molecule has 0 aliphatic rings. The molecule has 0 fully saturated rings. The number of rotatable bonds is 5. The van der Waals surface area contributed by atoms with Crippen molar-refractivity contribution < 1.29 is 14.3 Å². The van der Waals surface area contributed by atoms with E-state index in [1.54, 1.807) is 25.3 Å². The van der Waals surface area contributed by atoms with E-state index < -0.39 is 0 Å². The van der Waals surface area contributed by atoms with E-state index in [2.05, 4.69) is 15.9 Å². The van der Waals surface area contributed by atoms with Crippen LogP contribution in [-0.2, 0) is 6.42 Å². The number of ether oxygens (including phenoxy) is 2. The van der Waals surface area contributed by atoms with Crippen LogP contribution in [0.5, 0.6) is 11.5 Å². The van der Waals surface area contributed by atoms with Gasteiger partial charge in [0.1, 0.15) is 0 Å². The van der Waals surface area contributed by atoms with Gasteiger partial charge >= 0.3 is 0 Å². The number of halogens is 1. The van der Waals surface area contributed by atoms with Gasteiger partial charge in [-0.3, -0.25) is 4.79 Å². The number of hydrogen-bond acceptors (Lipinski definition) is 3. The molecule has 3 nitrogen and oxygen atoms in total. The third-order valence-corrected chi connectivity index (χ3v) is 3.79. The van der Waals surface area contributed by atoms with Crippen LogP contribution in [0.2, 0.25) is 0 Å². The van der Waals surface area contributed by atoms with Crippen LogP contribution in [-0.4, -0.2) is 20.0 Å². The van der Waals surface area contributed by atoms with Gasteiger partial charge in [-0.2, -0.15) is 0 Å². The van der Waals surface area contributed by atoms with Crippen LogP contribution in [0.25, 0.3) is 0 Å². The molecule has 0 bridgehead atoms. The van der Waals surface area contributed by atoms with Crippen molar-refractivity contribution in [2.45, 2.75) is 6.42 Å². The van der Waals surface area contributed by atoms with Gasteiger partial charge in [0.05, 0.1) is 19.8 Å². The monoisotopic (exact) mass is 334 g/mol. The first-order valence-electron chi connectivity index (χ1n) is 6.15. The maximum Gasteiger partial charge on any atom is 0.171 e. The molecule has 0 aliphatic carbocycles. The molecule has 0 amide bonds. The molecule has 2 aromatic carbocycles. The number of ketones is 1. The fourth-order valence-corrected chi connectivity index (χ4v) is 2.44. The van der Waals surface area contributed by atoms with Gasteiger partial charge in [-0.1, -0.05) is 40.2 Å². The predicted octanol–water partition coefficient (Wildman–Crippen LogP) is 3.89. The fraction of sp³-hybridized carbons (Fsp3) is 0.188. The van der Waals surface area contributed by atoms with Gasteiger partial charge in [0.25, 0.3) is 0 Å². The average Bonchev–Trinajstić information content (AvgIpc) is 2.48. The van der Waals surface area contributed by atoms with E-state index >= 15 is 0 Å². The summed E-state index contributed by atoms with van der Waals surface area (Å²) in [6.07, 6.45) is 0.310. The number of benzene rings is 2. The van der Waals surface area contributed by atoms with Crippen LogP contribution in [0.3, 0.4) is 0 Å². The number of carbonyl (C=O) groups excluding carboxylic acids is 1. The lowest BCUT2D eigenvalue weighted by Gasteiger charge is -2.12. The van der Waals surface area contributed by atoms with E-state index in [0.29, 0.717) is 23.5 Å². The molecular weight excluding hydrogens is 320 g/mol. The van der Waals surface area contributed by atoms with Crippen molar-refractivity contribution in [1.29, 1.82) is 0 Å². The molecular formula is C16H15BrO3. The van der Waals surface area contributed by atoms with Gasteiger partial charge in [0, 0.05) is 10.9 Å². The summed E-state index contributed by atoms with van der Waals surface area (Å²) >= 11 is 3.45. The summed E-state index contributed by atoms with van der Waals surface area (Å²) in [6.45, 7) is 0. The van der Waals surface area contributed by atoms with Gasteiger partial charge in [0.15, 0.2) is 17.3 Å². The van der Waals surface area contributed by atoms with Gasteiger partial charge < -0.3 is 9.47 Å². The second-order valence-corrected chi connectivity index (χ2v) is 5.09. The van der Waals surface area contributed by atoms with E-state index in [0.717, 1.165) is 10.0 Å². The van der Waals surface area contributed by atoms with Crippen LogP contribution >= 0.6 is 15.9 Å². The summed E-state index contributed by atoms with van der Waals surface area (Å²) in [4.78, 5) is 12.5. The average molecular weight is 335 g/mol. The Morgan fingerprint density at radius 1 is 1.05 bits per heavy atom. The predicted molar refractivity (Wildman–Crippen MR) is 81.7 cm³/mol. The molecule has 0 radical (unpaired) electrons. The molecule has 0 aliphatic heterocycles. The van der Waals surface area contributed by atoms with Crippen molar-refractivity contribution in [3.63, 3.8) is 0 Å². The third-order valence-electron chi connectivity index (χ3n) is 3.01. The van der Waals surface area contributed by atoms with E-state index in [1.165, 1.54) is 7.11 Å². The largest absolute Gasteiger partial charge is 0.493 e. The first-order valence-corrected chi connectivity index (χ1v) is 6.94. The first kappa shape index (κ1) is 14.6. The van der Waals surface area contributed by atoms with Gasteiger partial charge in [0.2, 0.25) is 0 Å². The summed E-state index contributed by atoms with van der Waals surface area (Å²) < 4.78 is 11.4. The second-order valence-electron chi connectivity index (χ2n) is 4.23. The lowest BCUT2D eigenvalue weighted by molar-refractivity contribution is 0.0989. The van der Waals surface area contributed by atoms with Crippen LogP contribution in [0.1, 0.15) is 15.9 Å². The highest BCUT2D eigenvalue weighted by atomic mass is 79.9. The topological polar surface area (TPSA) is 35.5 Å². The Kier molecular flexibility index (Phi) is 4.79. The number of hydrogen-bond donors (Lipinski definition) is 0. The van der Waals surface area contributed by atoms with Crippen molar-refractivity contribution in [3.8, 4) is 11.5 Å². The van der Waals surface area contributed by atoms with Crippen molar-refractivity contribution in [2.24, 2.45) is 0 Å². The standard InChI is InChI=1S/C16H15BrO3/c1-19-15-9-5-7-12(16(15)20-2)14(18)10-11-6-3-4-8-13(11)17/h3-9H,10H2,1-2H3. The Morgan fingerprint density at radius 3 is 2.45 bits per heavy atom. The smallest absolute Gasteiger partial charge is 0.171 e. The molecule has 0 spiro atoms. The Balaban J connectivity index is 2.32. The third kappa shape index (κ3) is 3.02. The second kappa shape index (κ2) is 6.57. The molecule has 2 rings (SSSR count). The first-order chi connectivity index (χ1) is 9.67. The van der Waals surface area contributed by atoms with Crippen LogP contribution in [0, 0.1) is 0 Å². The summed E-state index contributed by atoms with van der Waals surface area (Å²) in [5, 5.41) is 0. The number of para-hydroxylation sites is 1. The molecule has 0 heterocycles. The molecule has 0 N–H and O–H groups in total. The summed E-state index contributed by atoms with van der Waals surface area (Å²) in [5.41, 5.74) is 1.48. The lowest BCUT2D eigenvalue weighted by atomic mass is 10.0. The minimum absolute atomic E-state index is 0.00681. The maximum atomic E-state index is 12.5. The maximum absolute atomic E-state index is 12.5. The quantitative estimate of drug-likeness (QED) is 0.778. The number of carbonyl (C=O) groups is 1. The van der Waals surface area contributed by atoms with Gasteiger partial charge in [-0.05, 0) is 23.8 Å². The Bertz CT molecular complexity index is 623. The van der Waals surface area contributed by atoms with Gasteiger partial charge in [-0.15, -0.1) is 0 Å². The van der Waals surface area contributed by atoms with Crippen molar-refractivity contribution in [2.75, 3.05) is 14.2 Å². The molecule has 0 saturated carbocycles. The van der Waals surface area contributed by atoms with Crippen molar-refractivity contribution in [1.82, 2.24) is 0 Å². The van der Waals surface area contributed by atoms with E-state index in [1.807, 2.05) is 24.3 Å². The van der Waals surface area contributed by atoms with Gasteiger partial charge in [-0.25, -0.2) is 0 Å². The molecule has 0 saturated heterocycles. The molecule has 0 atom stereocenters. The molecule has 2 aromatic rings. The van der Waals surface area contributed by atoms with E-state index in [4.69, 9.17) is 9.47 Å². The van der Waals surface area contributed by atoms with E-state index in [-0.39, 0.29) is 5.78 Å². The normalized spacial score (nSPS) is 10.2. The highest BCUT2D eigenvalue weighted by molar-refractivity contribution is 9.10. The minimum Gasteiger partial charge on any atom is -0.493 e.